The molecule has 1 aliphatic rings. The smallest absolute Gasteiger partial charge is 0.226 e. The van der Waals surface area contributed by atoms with Crippen LogP contribution >= 0.6 is 0 Å². The first-order valence-electron chi connectivity index (χ1n) is 6.39. The first-order valence-corrected chi connectivity index (χ1v) is 6.39. The van der Waals surface area contributed by atoms with Crippen molar-refractivity contribution in [1.82, 2.24) is 9.97 Å². The molecule has 0 aromatic carbocycles. The van der Waals surface area contributed by atoms with E-state index in [-0.39, 0.29) is 0 Å². The van der Waals surface area contributed by atoms with Gasteiger partial charge in [-0.1, -0.05) is 13.3 Å². The van der Waals surface area contributed by atoms with Gasteiger partial charge in [0.25, 0.3) is 0 Å². The second-order valence-electron chi connectivity index (χ2n) is 5.20. The summed E-state index contributed by atoms with van der Waals surface area (Å²) < 4.78 is 0. The Balaban J connectivity index is 1.96. The van der Waals surface area contributed by atoms with Crippen LogP contribution in [0.1, 0.15) is 32.6 Å². The van der Waals surface area contributed by atoms with Crippen LogP contribution in [-0.4, -0.2) is 30.6 Å². The molecule has 2 rings (SSSR count). The predicted octanol–water partition coefficient (Wildman–Crippen LogP) is 2.53. The number of hydrogen-bond donors (Lipinski definition) is 1. The monoisotopic (exact) mass is 234 g/mol. The maximum atomic E-state index is 4.47. The summed E-state index contributed by atoms with van der Waals surface area (Å²) in [5.41, 5.74) is 0.517. The third-order valence-electron chi connectivity index (χ3n) is 3.85. The van der Waals surface area contributed by atoms with Crippen molar-refractivity contribution in [3.8, 4) is 0 Å². The van der Waals surface area contributed by atoms with E-state index in [1.165, 1.54) is 25.7 Å². The van der Waals surface area contributed by atoms with Gasteiger partial charge in [-0.25, -0.2) is 4.98 Å². The Labute approximate surface area is 103 Å². The Bertz CT molecular complexity index is 366. The fourth-order valence-electron chi connectivity index (χ4n) is 2.27. The van der Waals surface area contributed by atoms with Gasteiger partial charge in [0.05, 0.1) is 0 Å². The van der Waals surface area contributed by atoms with Crippen molar-refractivity contribution in [3.63, 3.8) is 0 Å². The quantitative estimate of drug-likeness (QED) is 0.850. The fourth-order valence-corrected chi connectivity index (χ4v) is 2.27. The fraction of sp³-hybridized carbons (Fsp3) is 0.692. The van der Waals surface area contributed by atoms with Gasteiger partial charge >= 0.3 is 0 Å². The van der Waals surface area contributed by atoms with E-state index in [1.54, 1.807) is 0 Å². The molecule has 0 saturated heterocycles. The van der Waals surface area contributed by atoms with Crippen molar-refractivity contribution < 1.29 is 0 Å². The van der Waals surface area contributed by atoms with Gasteiger partial charge in [0.2, 0.25) is 5.95 Å². The summed E-state index contributed by atoms with van der Waals surface area (Å²) in [6, 6.07) is 1.94. The van der Waals surface area contributed by atoms with Gasteiger partial charge in [-0.15, -0.1) is 0 Å². The maximum Gasteiger partial charge on any atom is 0.226 e. The van der Waals surface area contributed by atoms with Gasteiger partial charge < -0.3 is 10.2 Å². The lowest BCUT2D eigenvalue weighted by molar-refractivity contribution is 0.145. The predicted molar refractivity (Wildman–Crippen MR) is 71.4 cm³/mol. The normalized spacial score (nSPS) is 17.4. The summed E-state index contributed by atoms with van der Waals surface area (Å²) >= 11 is 0. The van der Waals surface area contributed by atoms with E-state index in [1.807, 2.05) is 31.3 Å². The van der Waals surface area contributed by atoms with Crippen molar-refractivity contribution in [2.75, 3.05) is 30.9 Å². The lowest BCUT2D eigenvalue weighted by atomic mass is 9.67. The summed E-state index contributed by atoms with van der Waals surface area (Å²) in [7, 11) is 3.91. The molecular weight excluding hydrogens is 212 g/mol. The minimum atomic E-state index is 0.517. The molecule has 1 aromatic heterocycles. The van der Waals surface area contributed by atoms with Crippen LogP contribution in [0.5, 0.6) is 0 Å². The molecule has 0 unspecified atom stereocenters. The van der Waals surface area contributed by atoms with Crippen molar-refractivity contribution in [3.05, 3.63) is 12.3 Å². The Morgan fingerprint density at radius 1 is 1.41 bits per heavy atom. The van der Waals surface area contributed by atoms with Gasteiger partial charge in [-0.2, -0.15) is 4.98 Å². The molecule has 1 aliphatic carbocycles. The summed E-state index contributed by atoms with van der Waals surface area (Å²) in [5.74, 6) is 1.69. The second kappa shape index (κ2) is 4.90. The molecule has 1 heterocycles. The topological polar surface area (TPSA) is 41.1 Å². The zero-order valence-electron chi connectivity index (χ0n) is 11.0. The minimum absolute atomic E-state index is 0.517. The van der Waals surface area contributed by atoms with E-state index in [9.17, 15) is 0 Å². The zero-order valence-corrected chi connectivity index (χ0v) is 11.0. The third-order valence-corrected chi connectivity index (χ3v) is 3.85. The Hall–Kier alpha value is -1.32. The SMILES string of the molecule is CCC1(CNc2ccnc(N(C)C)n2)CCC1. The average molecular weight is 234 g/mol. The highest BCUT2D eigenvalue weighted by Gasteiger charge is 2.34. The van der Waals surface area contributed by atoms with Crippen LogP contribution in [0.3, 0.4) is 0 Å². The lowest BCUT2D eigenvalue weighted by Gasteiger charge is -2.41. The Morgan fingerprint density at radius 3 is 2.71 bits per heavy atom. The van der Waals surface area contributed by atoms with Crippen LogP contribution in [0, 0.1) is 5.41 Å². The van der Waals surface area contributed by atoms with Crippen molar-refractivity contribution in [2.24, 2.45) is 5.41 Å². The van der Waals surface area contributed by atoms with Gasteiger partial charge in [0.1, 0.15) is 5.82 Å². The Kier molecular flexibility index (Phi) is 3.50. The van der Waals surface area contributed by atoms with Crippen LogP contribution in [-0.2, 0) is 0 Å². The molecule has 1 N–H and O–H groups in total. The molecule has 0 spiro atoms. The van der Waals surface area contributed by atoms with E-state index in [0.717, 1.165) is 18.3 Å². The molecule has 17 heavy (non-hydrogen) atoms. The van der Waals surface area contributed by atoms with E-state index < -0.39 is 0 Å². The van der Waals surface area contributed by atoms with Crippen molar-refractivity contribution in [2.45, 2.75) is 32.6 Å². The van der Waals surface area contributed by atoms with Crippen LogP contribution in [0.2, 0.25) is 0 Å². The molecule has 0 bridgehead atoms. The summed E-state index contributed by atoms with van der Waals surface area (Å²) in [5, 5.41) is 3.46. The number of nitrogens with one attached hydrogen (secondary N) is 1. The van der Waals surface area contributed by atoms with Gasteiger partial charge in [0.15, 0.2) is 0 Å². The van der Waals surface area contributed by atoms with Crippen LogP contribution in [0.4, 0.5) is 11.8 Å². The highest BCUT2D eigenvalue weighted by Crippen LogP contribution is 2.43. The van der Waals surface area contributed by atoms with Crippen molar-refractivity contribution >= 4 is 11.8 Å². The number of hydrogen-bond acceptors (Lipinski definition) is 4. The summed E-state index contributed by atoms with van der Waals surface area (Å²) in [4.78, 5) is 10.6. The highest BCUT2D eigenvalue weighted by molar-refractivity contribution is 5.40. The molecule has 0 aliphatic heterocycles. The molecule has 1 aromatic rings. The van der Waals surface area contributed by atoms with Crippen LogP contribution in [0.15, 0.2) is 12.3 Å². The van der Waals surface area contributed by atoms with Gasteiger partial charge in [0, 0.05) is 26.8 Å². The zero-order chi connectivity index (χ0) is 12.3. The standard InChI is InChI=1S/C13H22N4/c1-4-13(7-5-8-13)10-15-11-6-9-14-12(16-11)17(2)3/h6,9H,4-5,7-8,10H2,1-3H3,(H,14,15,16). The van der Waals surface area contributed by atoms with Gasteiger partial charge in [-0.05, 0) is 30.7 Å². The molecule has 0 amide bonds. The molecule has 1 fully saturated rings. The largest absolute Gasteiger partial charge is 0.369 e. The first kappa shape index (κ1) is 12.1. The maximum absolute atomic E-state index is 4.47. The molecule has 94 valence electrons. The molecule has 1 saturated carbocycles. The Morgan fingerprint density at radius 2 is 2.18 bits per heavy atom. The van der Waals surface area contributed by atoms with E-state index in [4.69, 9.17) is 0 Å². The van der Waals surface area contributed by atoms with E-state index >= 15 is 0 Å². The number of rotatable bonds is 5. The second-order valence-corrected chi connectivity index (χ2v) is 5.20. The van der Waals surface area contributed by atoms with E-state index in [0.29, 0.717) is 5.41 Å². The van der Waals surface area contributed by atoms with Crippen LogP contribution < -0.4 is 10.2 Å². The number of anilines is 2. The van der Waals surface area contributed by atoms with Crippen molar-refractivity contribution in [1.29, 1.82) is 0 Å². The molecule has 4 heteroatoms. The van der Waals surface area contributed by atoms with Crippen LogP contribution in [0.25, 0.3) is 0 Å². The number of nitrogens with zero attached hydrogens (tertiary/aromatic N) is 3. The highest BCUT2D eigenvalue weighted by atomic mass is 15.2. The lowest BCUT2D eigenvalue weighted by Crippen LogP contribution is -2.36. The molecule has 4 nitrogen and oxygen atoms in total. The first-order chi connectivity index (χ1) is 8.15. The summed E-state index contributed by atoms with van der Waals surface area (Å²) in [6.07, 6.45) is 7.14. The van der Waals surface area contributed by atoms with Gasteiger partial charge in [-0.3, -0.25) is 0 Å². The summed E-state index contributed by atoms with van der Waals surface area (Å²) in [6.45, 7) is 3.32. The molecule has 0 radical (unpaired) electrons. The molecular formula is C13H22N4. The minimum Gasteiger partial charge on any atom is -0.369 e. The van der Waals surface area contributed by atoms with E-state index in [2.05, 4.69) is 22.2 Å². The number of aromatic nitrogens is 2. The third kappa shape index (κ3) is 2.68. The average Bonchev–Trinajstić information content (AvgIpc) is 2.28. The molecule has 0 atom stereocenters.